The summed E-state index contributed by atoms with van der Waals surface area (Å²) in [5, 5.41) is 2.69. The average molecular weight is 353 g/mol. The van der Waals surface area contributed by atoms with Crippen LogP contribution in [0.3, 0.4) is 0 Å². The molecule has 1 heterocycles. The van der Waals surface area contributed by atoms with Crippen molar-refractivity contribution in [3.8, 4) is 5.75 Å². The molecule has 0 saturated carbocycles. The molecule has 2 N–H and O–H groups in total. The highest BCUT2D eigenvalue weighted by molar-refractivity contribution is 5.77. The quantitative estimate of drug-likeness (QED) is 0.722. The maximum Gasteiger partial charge on any atom is 0.408 e. The van der Waals surface area contributed by atoms with Crippen molar-refractivity contribution >= 4 is 17.1 Å². The number of alkyl carbamates (subject to hydrolysis) is 1. The van der Waals surface area contributed by atoms with Crippen molar-refractivity contribution < 1.29 is 14.3 Å². The van der Waals surface area contributed by atoms with Crippen LogP contribution in [0.25, 0.3) is 11.0 Å². The summed E-state index contributed by atoms with van der Waals surface area (Å²) in [5.74, 6) is 1.42. The van der Waals surface area contributed by atoms with Crippen molar-refractivity contribution in [1.29, 1.82) is 0 Å². The van der Waals surface area contributed by atoms with Gasteiger partial charge in [-0.2, -0.15) is 0 Å². The van der Waals surface area contributed by atoms with Gasteiger partial charge in [-0.3, -0.25) is 0 Å². The zero-order chi connectivity index (χ0) is 18.6. The van der Waals surface area contributed by atoms with E-state index in [4.69, 9.17) is 9.47 Å². The van der Waals surface area contributed by atoms with Crippen LogP contribution in [0.2, 0.25) is 0 Å². The third kappa shape index (κ3) is 4.99. The Hall–Kier alpha value is -3.02. The number of aromatic nitrogens is 2. The predicted octanol–water partition coefficient (Wildman–Crippen LogP) is 4.17. The topological polar surface area (TPSA) is 76.2 Å². The summed E-state index contributed by atoms with van der Waals surface area (Å²) in [5.41, 5.74) is 2.26. The van der Waals surface area contributed by atoms with Crippen LogP contribution in [-0.4, -0.2) is 21.7 Å². The first kappa shape index (κ1) is 17.8. The van der Waals surface area contributed by atoms with Gasteiger partial charge in [0.15, 0.2) is 0 Å². The molecule has 1 amide bonds. The van der Waals surface area contributed by atoms with Crippen molar-refractivity contribution in [3.63, 3.8) is 0 Å². The van der Waals surface area contributed by atoms with Crippen LogP contribution in [-0.2, 0) is 17.9 Å². The minimum Gasteiger partial charge on any atom is -0.489 e. The number of hydrogen-bond acceptors (Lipinski definition) is 4. The Balaban J connectivity index is 1.61. The maximum absolute atomic E-state index is 11.7. The van der Waals surface area contributed by atoms with Gasteiger partial charge in [-0.05, 0) is 38.5 Å². The second kappa shape index (κ2) is 7.47. The van der Waals surface area contributed by atoms with Crippen molar-refractivity contribution in [1.82, 2.24) is 15.3 Å². The summed E-state index contributed by atoms with van der Waals surface area (Å²) >= 11 is 0. The minimum atomic E-state index is -0.525. The molecule has 0 saturated heterocycles. The van der Waals surface area contributed by atoms with Crippen LogP contribution in [0.4, 0.5) is 4.79 Å². The van der Waals surface area contributed by atoms with Gasteiger partial charge in [-0.1, -0.05) is 30.3 Å². The smallest absolute Gasteiger partial charge is 0.408 e. The molecule has 0 aliphatic carbocycles. The molecule has 3 aromatic rings. The molecule has 0 radical (unpaired) electrons. The fourth-order valence-electron chi connectivity index (χ4n) is 2.43. The van der Waals surface area contributed by atoms with E-state index in [0.29, 0.717) is 12.4 Å². The number of carbonyl (C=O) groups excluding carboxylic acids is 1. The van der Waals surface area contributed by atoms with Crippen LogP contribution in [0.1, 0.15) is 32.2 Å². The minimum absolute atomic E-state index is 0.268. The number of H-pyrrole nitrogens is 1. The molecule has 0 spiro atoms. The second-order valence-electron chi connectivity index (χ2n) is 6.99. The second-order valence-corrected chi connectivity index (χ2v) is 6.99. The predicted molar refractivity (Wildman–Crippen MR) is 99.9 cm³/mol. The Morgan fingerprint density at radius 3 is 2.65 bits per heavy atom. The molecule has 0 fully saturated rings. The lowest BCUT2D eigenvalue weighted by Crippen LogP contribution is -2.32. The molecule has 0 aliphatic heterocycles. The summed E-state index contributed by atoms with van der Waals surface area (Å²) in [7, 11) is 0. The first-order valence-corrected chi connectivity index (χ1v) is 8.51. The number of benzene rings is 2. The first-order valence-electron chi connectivity index (χ1n) is 8.51. The van der Waals surface area contributed by atoms with Crippen molar-refractivity contribution in [2.24, 2.45) is 0 Å². The number of rotatable bonds is 5. The molecule has 6 nitrogen and oxygen atoms in total. The Labute approximate surface area is 152 Å². The summed E-state index contributed by atoms with van der Waals surface area (Å²) < 4.78 is 11.0. The highest BCUT2D eigenvalue weighted by Crippen LogP contribution is 2.20. The Morgan fingerprint density at radius 2 is 1.92 bits per heavy atom. The molecule has 3 rings (SSSR count). The standard InChI is InChI=1S/C20H23N3O3/c1-20(2,3)26-19(24)21-12-18-22-16-10-9-15(11-17(16)23-18)25-13-14-7-5-4-6-8-14/h4-11H,12-13H2,1-3H3,(H,21,24)(H,22,23). The molecule has 2 aromatic carbocycles. The summed E-state index contributed by atoms with van der Waals surface area (Å²) in [6, 6.07) is 15.7. The number of nitrogens with one attached hydrogen (secondary N) is 2. The number of hydrogen-bond donors (Lipinski definition) is 2. The van der Waals surface area contributed by atoms with Gasteiger partial charge in [0, 0.05) is 6.07 Å². The zero-order valence-corrected chi connectivity index (χ0v) is 15.2. The molecule has 26 heavy (non-hydrogen) atoms. The van der Waals surface area contributed by atoms with Gasteiger partial charge < -0.3 is 19.8 Å². The molecule has 6 heteroatoms. The van der Waals surface area contributed by atoms with E-state index in [1.807, 2.05) is 69.3 Å². The van der Waals surface area contributed by atoms with E-state index >= 15 is 0 Å². The van der Waals surface area contributed by atoms with Gasteiger partial charge in [0.25, 0.3) is 0 Å². The van der Waals surface area contributed by atoms with Crippen LogP contribution in [0, 0.1) is 0 Å². The highest BCUT2D eigenvalue weighted by Gasteiger charge is 2.16. The molecule has 0 unspecified atom stereocenters. The van der Waals surface area contributed by atoms with Gasteiger partial charge in [-0.25, -0.2) is 9.78 Å². The molecular formula is C20H23N3O3. The maximum atomic E-state index is 11.7. The van der Waals surface area contributed by atoms with Crippen LogP contribution < -0.4 is 10.1 Å². The van der Waals surface area contributed by atoms with Crippen molar-refractivity contribution in [3.05, 3.63) is 59.9 Å². The monoisotopic (exact) mass is 353 g/mol. The molecular weight excluding hydrogens is 330 g/mol. The summed E-state index contributed by atoms with van der Waals surface area (Å²) in [4.78, 5) is 19.4. The largest absolute Gasteiger partial charge is 0.489 e. The van der Waals surface area contributed by atoms with Gasteiger partial charge in [0.1, 0.15) is 23.8 Å². The SMILES string of the molecule is CC(C)(C)OC(=O)NCc1nc2ccc(OCc3ccccc3)cc2[nH]1. The highest BCUT2D eigenvalue weighted by atomic mass is 16.6. The lowest BCUT2D eigenvalue weighted by molar-refractivity contribution is 0.0522. The fourth-order valence-corrected chi connectivity index (χ4v) is 2.43. The van der Waals surface area contributed by atoms with Crippen LogP contribution >= 0.6 is 0 Å². The van der Waals surface area contributed by atoms with E-state index in [2.05, 4.69) is 15.3 Å². The molecule has 136 valence electrons. The zero-order valence-electron chi connectivity index (χ0n) is 15.2. The molecule has 0 atom stereocenters. The Bertz CT molecular complexity index is 882. The lowest BCUT2D eigenvalue weighted by atomic mass is 10.2. The average Bonchev–Trinajstić information content (AvgIpc) is 3.00. The van der Waals surface area contributed by atoms with E-state index in [1.165, 1.54) is 0 Å². The number of fused-ring (bicyclic) bond motifs is 1. The Kier molecular flexibility index (Phi) is 5.11. The first-order chi connectivity index (χ1) is 12.4. The molecule has 0 aliphatic rings. The number of ether oxygens (including phenoxy) is 2. The third-order valence-electron chi connectivity index (χ3n) is 3.55. The van der Waals surface area contributed by atoms with E-state index in [0.717, 1.165) is 22.3 Å². The number of aromatic amines is 1. The van der Waals surface area contributed by atoms with E-state index < -0.39 is 11.7 Å². The summed E-state index contributed by atoms with van der Waals surface area (Å²) in [6.07, 6.45) is -0.468. The van der Waals surface area contributed by atoms with Crippen molar-refractivity contribution in [2.75, 3.05) is 0 Å². The number of imidazole rings is 1. The van der Waals surface area contributed by atoms with Crippen LogP contribution in [0.5, 0.6) is 5.75 Å². The lowest BCUT2D eigenvalue weighted by Gasteiger charge is -2.19. The molecule has 0 bridgehead atoms. The Morgan fingerprint density at radius 1 is 1.15 bits per heavy atom. The normalized spacial score (nSPS) is 11.3. The van der Waals surface area contributed by atoms with Gasteiger partial charge in [0.2, 0.25) is 0 Å². The fraction of sp³-hybridized carbons (Fsp3) is 0.300. The number of amides is 1. The van der Waals surface area contributed by atoms with E-state index in [9.17, 15) is 4.79 Å². The van der Waals surface area contributed by atoms with Gasteiger partial charge in [-0.15, -0.1) is 0 Å². The number of nitrogens with zero attached hydrogens (tertiary/aromatic N) is 1. The van der Waals surface area contributed by atoms with E-state index in [-0.39, 0.29) is 6.54 Å². The van der Waals surface area contributed by atoms with Crippen molar-refractivity contribution in [2.45, 2.75) is 39.5 Å². The van der Waals surface area contributed by atoms with Crippen LogP contribution in [0.15, 0.2) is 48.5 Å². The van der Waals surface area contributed by atoms with E-state index in [1.54, 1.807) is 0 Å². The third-order valence-corrected chi connectivity index (χ3v) is 3.55. The summed E-state index contributed by atoms with van der Waals surface area (Å²) in [6.45, 7) is 6.25. The molecule has 1 aromatic heterocycles. The number of carbonyl (C=O) groups is 1. The van der Waals surface area contributed by atoms with Gasteiger partial charge >= 0.3 is 6.09 Å². The van der Waals surface area contributed by atoms with Gasteiger partial charge in [0.05, 0.1) is 17.6 Å².